The average Bonchev–Trinajstić information content (AvgIpc) is 1.97. The Kier molecular flexibility index (Phi) is 2.02. The number of ketones is 1. The van der Waals surface area contributed by atoms with Crippen LogP contribution in [0.5, 0.6) is 0 Å². The molecule has 0 N–H and O–H groups in total. The number of nitrogens with zero attached hydrogens (tertiary/aromatic N) is 1. The van der Waals surface area contributed by atoms with Gasteiger partial charge in [0, 0.05) is 23.0 Å². The van der Waals surface area contributed by atoms with Gasteiger partial charge in [-0.25, -0.2) is 0 Å². The van der Waals surface area contributed by atoms with Crippen LogP contribution in [-0.4, -0.2) is 16.2 Å². The number of rotatable bonds is 1. The lowest BCUT2D eigenvalue weighted by Gasteiger charge is -2.16. The van der Waals surface area contributed by atoms with E-state index in [-0.39, 0.29) is 5.03 Å². The third-order valence-corrected chi connectivity index (χ3v) is 1.93. The number of carbonyl (C=O) groups excluding carboxylic acids is 1. The molecule has 0 spiro atoms. The molecule has 0 fully saturated rings. The van der Waals surface area contributed by atoms with E-state index in [0.29, 0.717) is 0 Å². The fourth-order valence-corrected chi connectivity index (χ4v) is 1.13. The summed E-state index contributed by atoms with van der Waals surface area (Å²) in [5.74, 6) is -0.558. The summed E-state index contributed by atoms with van der Waals surface area (Å²) in [5.41, 5.74) is -1.69. The number of hydrogen-bond acceptors (Lipinski definition) is 3. The van der Waals surface area contributed by atoms with Gasteiger partial charge in [0.2, 0.25) is 5.78 Å². The number of nitro groups is 1. The van der Waals surface area contributed by atoms with Crippen molar-refractivity contribution in [2.45, 2.75) is 12.5 Å². The minimum absolute atomic E-state index is 0.216. The number of halogens is 1. The zero-order valence-corrected chi connectivity index (χ0v) is 7.04. The van der Waals surface area contributed by atoms with Crippen LogP contribution in [0, 0.1) is 10.1 Å². The van der Waals surface area contributed by atoms with Gasteiger partial charge in [-0.15, -0.1) is 0 Å². The lowest BCUT2D eigenvalue weighted by atomic mass is 9.93. The second kappa shape index (κ2) is 2.71. The van der Waals surface area contributed by atoms with Crippen molar-refractivity contribution in [2.24, 2.45) is 0 Å². The molecule has 0 saturated carbocycles. The first-order valence-corrected chi connectivity index (χ1v) is 3.60. The zero-order chi connectivity index (χ0) is 9.35. The van der Waals surface area contributed by atoms with E-state index in [4.69, 9.17) is 11.6 Å². The van der Waals surface area contributed by atoms with Crippen LogP contribution in [-0.2, 0) is 4.79 Å². The predicted molar refractivity (Wildman–Crippen MR) is 43.5 cm³/mol. The predicted octanol–water partition coefficient (Wildman–Crippen LogP) is 1.28. The Balaban J connectivity index is 3.14. The fourth-order valence-electron chi connectivity index (χ4n) is 0.854. The molecule has 5 heteroatoms. The molecule has 1 unspecified atom stereocenters. The van der Waals surface area contributed by atoms with Crippen molar-refractivity contribution in [3.63, 3.8) is 0 Å². The second-order valence-electron chi connectivity index (χ2n) is 2.63. The molecule has 0 amide bonds. The second-order valence-corrected chi connectivity index (χ2v) is 3.07. The monoisotopic (exact) mass is 187 g/mol. The molecule has 0 aromatic heterocycles. The molecule has 0 aromatic rings. The first kappa shape index (κ1) is 8.93. The minimum atomic E-state index is -1.69. The average molecular weight is 188 g/mol. The quantitative estimate of drug-likeness (QED) is 0.459. The van der Waals surface area contributed by atoms with Crippen molar-refractivity contribution < 1.29 is 9.72 Å². The maximum absolute atomic E-state index is 11.1. The molecule has 64 valence electrons. The molecule has 1 aliphatic rings. The first-order valence-electron chi connectivity index (χ1n) is 3.22. The van der Waals surface area contributed by atoms with E-state index in [2.05, 4.69) is 0 Å². The van der Waals surface area contributed by atoms with E-state index in [1.165, 1.54) is 13.0 Å². The largest absolute Gasteiger partial charge is 0.300 e. The van der Waals surface area contributed by atoms with Crippen LogP contribution in [0.15, 0.2) is 23.3 Å². The van der Waals surface area contributed by atoms with Gasteiger partial charge >= 0.3 is 0 Å². The van der Waals surface area contributed by atoms with E-state index in [1.807, 2.05) is 0 Å². The SMILES string of the molecule is CC1([N+](=O)[O-])C=C(Cl)C=CC1=O. The molecule has 0 radical (unpaired) electrons. The summed E-state index contributed by atoms with van der Waals surface area (Å²) < 4.78 is 0. The fraction of sp³-hybridized carbons (Fsp3) is 0.286. The molecule has 0 aromatic carbocycles. The number of hydrogen-bond donors (Lipinski definition) is 0. The topological polar surface area (TPSA) is 60.2 Å². The molecule has 1 rings (SSSR count). The van der Waals surface area contributed by atoms with Gasteiger partial charge in [-0.1, -0.05) is 11.6 Å². The van der Waals surface area contributed by atoms with Crippen molar-refractivity contribution in [2.75, 3.05) is 0 Å². The van der Waals surface area contributed by atoms with Crippen LogP contribution in [0.2, 0.25) is 0 Å². The van der Waals surface area contributed by atoms with E-state index in [1.54, 1.807) is 0 Å². The van der Waals surface area contributed by atoms with Crippen molar-refractivity contribution in [3.8, 4) is 0 Å². The van der Waals surface area contributed by atoms with Gasteiger partial charge in [-0.2, -0.15) is 0 Å². The van der Waals surface area contributed by atoms with Gasteiger partial charge in [0.05, 0.1) is 0 Å². The summed E-state index contributed by atoms with van der Waals surface area (Å²) in [7, 11) is 0. The molecule has 1 atom stereocenters. The summed E-state index contributed by atoms with van der Waals surface area (Å²) in [6, 6.07) is 0. The molecule has 0 heterocycles. The van der Waals surface area contributed by atoms with E-state index in [0.717, 1.165) is 12.2 Å². The van der Waals surface area contributed by atoms with Crippen molar-refractivity contribution in [3.05, 3.63) is 33.4 Å². The third-order valence-electron chi connectivity index (χ3n) is 1.69. The lowest BCUT2D eigenvalue weighted by molar-refractivity contribution is -0.532. The summed E-state index contributed by atoms with van der Waals surface area (Å²) in [4.78, 5) is 20.9. The Labute approximate surface area is 73.7 Å². The van der Waals surface area contributed by atoms with Gasteiger partial charge in [0.25, 0.3) is 5.54 Å². The molecule has 0 saturated heterocycles. The number of carbonyl (C=O) groups is 1. The van der Waals surface area contributed by atoms with E-state index in [9.17, 15) is 14.9 Å². The summed E-state index contributed by atoms with van der Waals surface area (Å²) in [5, 5.41) is 10.7. The molecular weight excluding hydrogens is 182 g/mol. The minimum Gasteiger partial charge on any atom is -0.286 e. The summed E-state index contributed by atoms with van der Waals surface area (Å²) in [6.45, 7) is 1.22. The van der Waals surface area contributed by atoms with E-state index >= 15 is 0 Å². The molecular formula is C7H6ClNO3. The standard InChI is InChI=1S/C7H6ClNO3/c1-7(9(11)12)4-5(8)2-3-6(7)10/h2-4H,1H3. The van der Waals surface area contributed by atoms with Crippen LogP contribution >= 0.6 is 11.6 Å². The zero-order valence-electron chi connectivity index (χ0n) is 6.28. The van der Waals surface area contributed by atoms with E-state index < -0.39 is 16.2 Å². The van der Waals surface area contributed by atoms with Crippen molar-refractivity contribution >= 4 is 17.4 Å². The normalized spacial score (nSPS) is 28.5. The smallest absolute Gasteiger partial charge is 0.286 e. The highest BCUT2D eigenvalue weighted by atomic mass is 35.5. The molecule has 1 aliphatic carbocycles. The van der Waals surface area contributed by atoms with Crippen LogP contribution in [0.3, 0.4) is 0 Å². The highest BCUT2D eigenvalue weighted by Crippen LogP contribution is 2.22. The molecule has 0 aliphatic heterocycles. The number of allylic oxidation sites excluding steroid dienone is 2. The van der Waals surface area contributed by atoms with Crippen LogP contribution in [0.1, 0.15) is 6.92 Å². The van der Waals surface area contributed by atoms with Crippen molar-refractivity contribution in [1.82, 2.24) is 0 Å². The Bertz CT molecular complexity index is 308. The summed E-state index contributed by atoms with van der Waals surface area (Å²) >= 11 is 5.53. The van der Waals surface area contributed by atoms with Crippen LogP contribution in [0.4, 0.5) is 0 Å². The van der Waals surface area contributed by atoms with Gasteiger partial charge in [-0.05, 0) is 12.2 Å². The maximum atomic E-state index is 11.1. The Morgan fingerprint density at radius 3 is 2.58 bits per heavy atom. The van der Waals surface area contributed by atoms with Crippen LogP contribution in [0.25, 0.3) is 0 Å². The highest BCUT2D eigenvalue weighted by Gasteiger charge is 2.43. The van der Waals surface area contributed by atoms with Gasteiger partial charge in [0.15, 0.2) is 0 Å². The molecule has 4 nitrogen and oxygen atoms in total. The third kappa shape index (κ3) is 1.25. The highest BCUT2D eigenvalue weighted by molar-refractivity contribution is 6.32. The van der Waals surface area contributed by atoms with Crippen LogP contribution < -0.4 is 0 Å². The first-order chi connectivity index (χ1) is 5.47. The van der Waals surface area contributed by atoms with Crippen molar-refractivity contribution in [1.29, 1.82) is 0 Å². The maximum Gasteiger partial charge on any atom is 0.300 e. The van der Waals surface area contributed by atoms with Gasteiger partial charge in [0.1, 0.15) is 0 Å². The molecule has 12 heavy (non-hydrogen) atoms. The lowest BCUT2D eigenvalue weighted by Crippen LogP contribution is -2.41. The van der Waals surface area contributed by atoms with Gasteiger partial charge < -0.3 is 0 Å². The molecule has 0 bridgehead atoms. The van der Waals surface area contributed by atoms with Gasteiger partial charge in [-0.3, -0.25) is 14.9 Å². The Morgan fingerprint density at radius 2 is 2.17 bits per heavy atom. The summed E-state index contributed by atoms with van der Waals surface area (Å²) in [6.07, 6.45) is 3.59. The Morgan fingerprint density at radius 1 is 1.58 bits per heavy atom. The Hall–Kier alpha value is -1.16.